The number of nitrogens with zero attached hydrogens (tertiary/aromatic N) is 1. The molecule has 1 aromatic heterocycles. The van der Waals surface area contributed by atoms with Crippen molar-refractivity contribution in [1.29, 1.82) is 0 Å². The molecule has 26 heavy (non-hydrogen) atoms. The van der Waals surface area contributed by atoms with Gasteiger partial charge in [0, 0.05) is 30.1 Å². The number of rotatable bonds is 5. The lowest BCUT2D eigenvalue weighted by atomic mass is 10.0. The van der Waals surface area contributed by atoms with Crippen molar-refractivity contribution in [1.82, 2.24) is 10.2 Å². The van der Waals surface area contributed by atoms with Crippen LogP contribution >= 0.6 is 11.3 Å². The number of methoxy groups -OCH3 is 1. The van der Waals surface area contributed by atoms with Crippen molar-refractivity contribution in [3.63, 3.8) is 0 Å². The molecule has 4 nitrogen and oxygen atoms in total. The summed E-state index contributed by atoms with van der Waals surface area (Å²) in [6, 6.07) is 9.08. The summed E-state index contributed by atoms with van der Waals surface area (Å²) < 4.78 is 5.69. The predicted octanol–water partition coefficient (Wildman–Crippen LogP) is 3.94. The van der Waals surface area contributed by atoms with Crippen molar-refractivity contribution in [2.45, 2.75) is 44.7 Å². The van der Waals surface area contributed by atoms with Crippen LogP contribution in [0.5, 0.6) is 5.75 Å². The third-order valence-electron chi connectivity index (χ3n) is 5.64. The number of likely N-dealkylation sites (tertiary alicyclic amines) is 1. The number of thiophene rings is 1. The molecule has 1 N–H and O–H groups in total. The summed E-state index contributed by atoms with van der Waals surface area (Å²) in [5.74, 6) is 1.03. The Morgan fingerprint density at radius 3 is 2.85 bits per heavy atom. The molecule has 1 unspecified atom stereocenters. The molecule has 1 aliphatic carbocycles. The summed E-state index contributed by atoms with van der Waals surface area (Å²) in [6.45, 7) is 2.01. The van der Waals surface area contributed by atoms with Gasteiger partial charge in [-0.25, -0.2) is 0 Å². The number of carbonyl (C=O) groups is 1. The van der Waals surface area contributed by atoms with E-state index in [2.05, 4.69) is 28.4 Å². The zero-order chi connectivity index (χ0) is 18.1. The molecule has 0 saturated carbocycles. The van der Waals surface area contributed by atoms with Gasteiger partial charge in [0.2, 0.25) is 0 Å². The molecule has 4 rings (SSSR count). The average Bonchev–Trinajstić information content (AvgIpc) is 3.40. The quantitative estimate of drug-likeness (QED) is 0.867. The Balaban J connectivity index is 1.56. The topological polar surface area (TPSA) is 41.6 Å². The third kappa shape index (κ3) is 3.26. The monoisotopic (exact) mass is 370 g/mol. The number of carbonyl (C=O) groups excluding carboxylic acids is 1. The minimum atomic E-state index is 0.00564. The number of aryl methyl sites for hydroxylation is 2. The summed E-state index contributed by atoms with van der Waals surface area (Å²) in [7, 11) is 3.46. The third-order valence-corrected chi connectivity index (χ3v) is 6.82. The fraction of sp³-hybridized carbons (Fsp3) is 0.476. The van der Waals surface area contributed by atoms with E-state index in [4.69, 9.17) is 4.74 Å². The van der Waals surface area contributed by atoms with Crippen molar-refractivity contribution in [3.05, 3.63) is 50.7 Å². The van der Waals surface area contributed by atoms with E-state index in [0.29, 0.717) is 6.04 Å². The number of nitrogens with one attached hydrogen (secondary N) is 1. The number of amides is 1. The Bertz CT molecular complexity index is 814. The SMILES string of the molecule is CNC(=O)c1ccc(C2CCCN2Cc2cc3c(cc2OC)CCC3)s1. The van der Waals surface area contributed by atoms with Crippen LogP contribution in [-0.2, 0) is 19.4 Å². The van der Waals surface area contributed by atoms with E-state index in [1.165, 1.54) is 47.3 Å². The highest BCUT2D eigenvalue weighted by Gasteiger charge is 2.29. The number of hydrogen-bond acceptors (Lipinski definition) is 4. The molecule has 1 aromatic carbocycles. The molecule has 1 aliphatic heterocycles. The van der Waals surface area contributed by atoms with Crippen LogP contribution in [0.3, 0.4) is 0 Å². The predicted molar refractivity (Wildman–Crippen MR) is 105 cm³/mol. The highest BCUT2D eigenvalue weighted by atomic mass is 32.1. The molecule has 0 radical (unpaired) electrons. The van der Waals surface area contributed by atoms with E-state index < -0.39 is 0 Å². The summed E-state index contributed by atoms with van der Waals surface area (Å²) in [5, 5.41) is 2.72. The Kier molecular flexibility index (Phi) is 5.00. The minimum Gasteiger partial charge on any atom is -0.496 e. The van der Waals surface area contributed by atoms with E-state index in [0.717, 1.165) is 30.1 Å². The van der Waals surface area contributed by atoms with Gasteiger partial charge in [0.15, 0.2) is 0 Å². The van der Waals surface area contributed by atoms with Crippen molar-refractivity contribution in [2.75, 3.05) is 20.7 Å². The van der Waals surface area contributed by atoms with Gasteiger partial charge >= 0.3 is 0 Å². The first-order valence-electron chi connectivity index (χ1n) is 9.44. The van der Waals surface area contributed by atoms with Gasteiger partial charge < -0.3 is 10.1 Å². The van der Waals surface area contributed by atoms with Crippen LogP contribution in [0.2, 0.25) is 0 Å². The van der Waals surface area contributed by atoms with Gasteiger partial charge in [-0.2, -0.15) is 0 Å². The zero-order valence-corrected chi connectivity index (χ0v) is 16.3. The molecule has 2 aliphatic rings. The maximum absolute atomic E-state index is 11.9. The fourth-order valence-corrected chi connectivity index (χ4v) is 5.42. The van der Waals surface area contributed by atoms with E-state index >= 15 is 0 Å². The van der Waals surface area contributed by atoms with Gasteiger partial charge in [0.1, 0.15) is 5.75 Å². The summed E-state index contributed by atoms with van der Waals surface area (Å²) >= 11 is 1.62. The van der Waals surface area contributed by atoms with Crippen LogP contribution in [0, 0.1) is 0 Å². The minimum absolute atomic E-state index is 0.00564. The van der Waals surface area contributed by atoms with Crippen LogP contribution in [0.4, 0.5) is 0 Å². The fourth-order valence-electron chi connectivity index (χ4n) is 4.30. The van der Waals surface area contributed by atoms with E-state index in [9.17, 15) is 4.79 Å². The van der Waals surface area contributed by atoms with Crippen molar-refractivity contribution >= 4 is 17.2 Å². The van der Waals surface area contributed by atoms with Gasteiger partial charge in [0.25, 0.3) is 5.91 Å². The van der Waals surface area contributed by atoms with Crippen molar-refractivity contribution < 1.29 is 9.53 Å². The van der Waals surface area contributed by atoms with Crippen LogP contribution in [0.25, 0.3) is 0 Å². The van der Waals surface area contributed by atoms with Crippen molar-refractivity contribution in [3.8, 4) is 5.75 Å². The molecule has 0 spiro atoms. The second kappa shape index (κ2) is 7.41. The van der Waals surface area contributed by atoms with Crippen LogP contribution < -0.4 is 10.1 Å². The Morgan fingerprint density at radius 1 is 1.27 bits per heavy atom. The van der Waals surface area contributed by atoms with Crippen LogP contribution in [-0.4, -0.2) is 31.5 Å². The summed E-state index contributed by atoms with van der Waals surface area (Å²) in [4.78, 5) is 16.5. The van der Waals surface area contributed by atoms with Crippen LogP contribution in [0.1, 0.15) is 56.5 Å². The van der Waals surface area contributed by atoms with Gasteiger partial charge in [-0.3, -0.25) is 9.69 Å². The Hall–Kier alpha value is -1.85. The second-order valence-corrected chi connectivity index (χ2v) is 8.31. The lowest BCUT2D eigenvalue weighted by molar-refractivity contribution is 0.0967. The first kappa shape index (κ1) is 17.6. The Labute approximate surface area is 159 Å². The average molecular weight is 371 g/mol. The first-order valence-corrected chi connectivity index (χ1v) is 10.3. The maximum Gasteiger partial charge on any atom is 0.261 e. The first-order chi connectivity index (χ1) is 12.7. The zero-order valence-electron chi connectivity index (χ0n) is 15.5. The summed E-state index contributed by atoms with van der Waals surface area (Å²) in [6.07, 6.45) is 5.98. The smallest absolute Gasteiger partial charge is 0.261 e. The molecular weight excluding hydrogens is 344 g/mol. The molecule has 1 atom stereocenters. The molecule has 1 saturated heterocycles. The molecular formula is C21H26N2O2S. The van der Waals surface area contributed by atoms with Crippen molar-refractivity contribution in [2.24, 2.45) is 0 Å². The molecule has 5 heteroatoms. The highest BCUT2D eigenvalue weighted by Crippen LogP contribution is 2.39. The molecule has 2 heterocycles. The maximum atomic E-state index is 11.9. The van der Waals surface area contributed by atoms with E-state index in [-0.39, 0.29) is 5.91 Å². The second-order valence-electron chi connectivity index (χ2n) is 7.20. The number of benzene rings is 1. The lowest BCUT2D eigenvalue weighted by Gasteiger charge is -2.25. The highest BCUT2D eigenvalue weighted by molar-refractivity contribution is 7.14. The lowest BCUT2D eigenvalue weighted by Crippen LogP contribution is -2.22. The van der Waals surface area contributed by atoms with E-state index in [1.807, 2.05) is 6.07 Å². The molecule has 1 fully saturated rings. The van der Waals surface area contributed by atoms with Gasteiger partial charge in [-0.15, -0.1) is 11.3 Å². The molecule has 2 aromatic rings. The largest absolute Gasteiger partial charge is 0.496 e. The Morgan fingerprint density at radius 2 is 2.08 bits per heavy atom. The van der Waals surface area contributed by atoms with E-state index in [1.54, 1.807) is 25.5 Å². The van der Waals surface area contributed by atoms with Gasteiger partial charge in [-0.1, -0.05) is 6.07 Å². The molecule has 138 valence electrons. The normalized spacial score (nSPS) is 19.5. The van der Waals surface area contributed by atoms with Gasteiger partial charge in [0.05, 0.1) is 12.0 Å². The van der Waals surface area contributed by atoms with Gasteiger partial charge in [-0.05, 0) is 68.0 Å². The molecule has 1 amide bonds. The number of ether oxygens (including phenoxy) is 1. The molecule has 0 bridgehead atoms. The van der Waals surface area contributed by atoms with Crippen LogP contribution in [0.15, 0.2) is 24.3 Å². The standard InChI is InChI=1S/C21H26N2O2S/c1-22-21(24)20-9-8-19(26-20)17-7-4-10-23(17)13-16-11-14-5-3-6-15(14)12-18(16)25-2/h8-9,11-12,17H,3-7,10,13H2,1-2H3,(H,22,24). The summed E-state index contributed by atoms with van der Waals surface area (Å²) in [5.41, 5.74) is 4.25. The number of fused-ring (bicyclic) bond motifs is 1. The number of hydrogen-bond donors (Lipinski definition) is 1.